The molecule has 0 aliphatic carbocycles. The third-order valence-corrected chi connectivity index (χ3v) is 4.24. The molecule has 0 aromatic carbocycles. The number of aryl methyl sites for hydroxylation is 3. The highest BCUT2D eigenvalue weighted by Gasteiger charge is 2.21. The van der Waals surface area contributed by atoms with Crippen molar-refractivity contribution in [2.24, 2.45) is 0 Å². The molecule has 0 radical (unpaired) electrons. The van der Waals surface area contributed by atoms with Crippen LogP contribution in [-0.4, -0.2) is 62.8 Å². The van der Waals surface area contributed by atoms with E-state index in [0.29, 0.717) is 24.4 Å². The molecule has 1 fully saturated rings. The largest absolute Gasteiger partial charge is 0.314 e. The smallest absolute Gasteiger partial charge is 0.252 e. The number of anilines is 1. The molecule has 2 aromatic heterocycles. The molecule has 1 aliphatic heterocycles. The number of rotatable bonds is 4. The first-order chi connectivity index (χ1) is 11.9. The Balaban J connectivity index is 0.00000243. The summed E-state index contributed by atoms with van der Waals surface area (Å²) in [6.07, 6.45) is 0. The number of halogens is 1. The van der Waals surface area contributed by atoms with Crippen LogP contribution < -0.4 is 10.6 Å². The van der Waals surface area contributed by atoms with Gasteiger partial charge in [0.2, 0.25) is 5.91 Å². The van der Waals surface area contributed by atoms with Crippen LogP contribution in [0.5, 0.6) is 0 Å². The number of carbonyl (C=O) groups excluding carboxylic acids is 1. The molecule has 26 heavy (non-hydrogen) atoms. The van der Waals surface area contributed by atoms with Gasteiger partial charge in [0.25, 0.3) is 5.95 Å². The molecule has 142 valence electrons. The lowest BCUT2D eigenvalue weighted by molar-refractivity contribution is -0.118. The molecule has 1 amide bonds. The Bertz CT molecular complexity index is 756. The van der Waals surface area contributed by atoms with Crippen LogP contribution in [0.2, 0.25) is 0 Å². The molecule has 1 saturated heterocycles. The Kier molecular flexibility index (Phi) is 6.69. The van der Waals surface area contributed by atoms with Crippen molar-refractivity contribution in [3.63, 3.8) is 0 Å². The van der Waals surface area contributed by atoms with Crippen molar-refractivity contribution in [1.82, 2.24) is 30.0 Å². The van der Waals surface area contributed by atoms with Crippen LogP contribution in [0.15, 0.2) is 12.1 Å². The molecule has 3 heterocycles. The second-order valence-electron chi connectivity index (χ2n) is 6.61. The van der Waals surface area contributed by atoms with Crippen molar-refractivity contribution in [3.05, 3.63) is 29.2 Å². The maximum Gasteiger partial charge on any atom is 0.252 e. The van der Waals surface area contributed by atoms with Crippen molar-refractivity contribution >= 4 is 24.1 Å². The molecule has 1 atom stereocenters. The van der Waals surface area contributed by atoms with Crippen LogP contribution in [0.4, 0.5) is 5.82 Å². The molecule has 3 rings (SSSR count). The molecule has 1 aliphatic rings. The topological polar surface area (TPSA) is 88.0 Å². The quantitative estimate of drug-likeness (QED) is 0.831. The Morgan fingerprint density at radius 3 is 2.58 bits per heavy atom. The van der Waals surface area contributed by atoms with Crippen molar-refractivity contribution < 1.29 is 4.79 Å². The Morgan fingerprint density at radius 1 is 1.23 bits per heavy atom. The van der Waals surface area contributed by atoms with E-state index in [0.717, 1.165) is 36.7 Å². The molecule has 0 spiro atoms. The Labute approximate surface area is 159 Å². The first kappa shape index (κ1) is 20.3. The van der Waals surface area contributed by atoms with Crippen LogP contribution in [0, 0.1) is 20.8 Å². The van der Waals surface area contributed by atoms with Crippen LogP contribution >= 0.6 is 12.4 Å². The summed E-state index contributed by atoms with van der Waals surface area (Å²) in [4.78, 5) is 23.5. The monoisotopic (exact) mass is 379 g/mol. The zero-order valence-electron chi connectivity index (χ0n) is 15.6. The van der Waals surface area contributed by atoms with Crippen LogP contribution in [-0.2, 0) is 4.79 Å². The second-order valence-corrected chi connectivity index (χ2v) is 6.61. The van der Waals surface area contributed by atoms with Gasteiger partial charge in [-0.15, -0.1) is 12.4 Å². The van der Waals surface area contributed by atoms with Gasteiger partial charge in [0.1, 0.15) is 5.82 Å². The first-order valence-electron chi connectivity index (χ1n) is 8.56. The zero-order valence-corrected chi connectivity index (χ0v) is 16.4. The SMILES string of the molecule is Cc1cc(C)nc(-n2nc(C)cc2NC(=O)CN2CCNC[C@@H]2C)n1.Cl. The normalized spacial score (nSPS) is 17.6. The molecule has 9 heteroatoms. The predicted molar refractivity (Wildman–Crippen MR) is 103 cm³/mol. The first-order valence-corrected chi connectivity index (χ1v) is 8.56. The fourth-order valence-electron chi connectivity index (χ4n) is 3.03. The minimum atomic E-state index is -0.0562. The minimum absolute atomic E-state index is 0. The number of carbonyl (C=O) groups is 1. The fourth-order valence-corrected chi connectivity index (χ4v) is 3.03. The van der Waals surface area contributed by atoms with Gasteiger partial charge in [-0.05, 0) is 33.8 Å². The number of hydrogen-bond acceptors (Lipinski definition) is 6. The highest BCUT2D eigenvalue weighted by atomic mass is 35.5. The van der Waals surface area contributed by atoms with Gasteiger partial charge < -0.3 is 10.6 Å². The van der Waals surface area contributed by atoms with Crippen molar-refractivity contribution in [2.45, 2.75) is 33.7 Å². The van der Waals surface area contributed by atoms with E-state index in [1.165, 1.54) is 0 Å². The van der Waals surface area contributed by atoms with E-state index in [9.17, 15) is 4.79 Å². The maximum absolute atomic E-state index is 12.5. The zero-order chi connectivity index (χ0) is 18.0. The maximum atomic E-state index is 12.5. The van der Waals surface area contributed by atoms with Crippen molar-refractivity contribution in [3.8, 4) is 5.95 Å². The summed E-state index contributed by atoms with van der Waals surface area (Å²) in [6, 6.07) is 4.08. The van der Waals surface area contributed by atoms with Gasteiger partial charge in [-0.2, -0.15) is 9.78 Å². The van der Waals surface area contributed by atoms with Gasteiger partial charge in [-0.25, -0.2) is 9.97 Å². The van der Waals surface area contributed by atoms with Gasteiger partial charge in [0.05, 0.1) is 12.2 Å². The fraction of sp³-hybridized carbons (Fsp3) is 0.529. The number of nitrogens with one attached hydrogen (secondary N) is 2. The summed E-state index contributed by atoms with van der Waals surface area (Å²) in [6.45, 7) is 10.9. The second kappa shape index (κ2) is 8.57. The van der Waals surface area contributed by atoms with Gasteiger partial charge in [0, 0.05) is 43.1 Å². The van der Waals surface area contributed by atoms with E-state index < -0.39 is 0 Å². The summed E-state index contributed by atoms with van der Waals surface area (Å²) in [5.41, 5.74) is 2.53. The summed E-state index contributed by atoms with van der Waals surface area (Å²) in [5, 5.41) is 10.7. The highest BCUT2D eigenvalue weighted by Crippen LogP contribution is 2.15. The van der Waals surface area contributed by atoms with E-state index in [1.54, 1.807) is 4.68 Å². The van der Waals surface area contributed by atoms with Crippen molar-refractivity contribution in [2.75, 3.05) is 31.5 Å². The van der Waals surface area contributed by atoms with Crippen LogP contribution in [0.25, 0.3) is 5.95 Å². The summed E-state index contributed by atoms with van der Waals surface area (Å²) >= 11 is 0. The molecule has 2 aromatic rings. The van der Waals surface area contributed by atoms with Gasteiger partial charge in [-0.1, -0.05) is 0 Å². The lowest BCUT2D eigenvalue weighted by Crippen LogP contribution is -2.52. The molecule has 0 saturated carbocycles. The van der Waals surface area contributed by atoms with E-state index in [-0.39, 0.29) is 18.3 Å². The Morgan fingerprint density at radius 2 is 1.92 bits per heavy atom. The molecular formula is C17H26ClN7O. The van der Waals surface area contributed by atoms with Crippen LogP contribution in [0.3, 0.4) is 0 Å². The summed E-state index contributed by atoms with van der Waals surface area (Å²) in [7, 11) is 0. The van der Waals surface area contributed by atoms with E-state index >= 15 is 0 Å². The van der Waals surface area contributed by atoms with Crippen LogP contribution in [0.1, 0.15) is 24.0 Å². The standard InChI is InChI=1S/C17H25N7O.ClH/c1-11-7-12(2)20-17(19-11)24-15(8-13(3)22-24)21-16(25)10-23-6-5-18-9-14(23)4;/h7-8,14,18H,5-6,9-10H2,1-4H3,(H,21,25);1H/t14-;/m0./s1. The van der Waals surface area contributed by atoms with Gasteiger partial charge >= 0.3 is 0 Å². The minimum Gasteiger partial charge on any atom is -0.314 e. The average molecular weight is 380 g/mol. The number of nitrogens with zero attached hydrogens (tertiary/aromatic N) is 5. The van der Waals surface area contributed by atoms with Gasteiger partial charge in [0.15, 0.2) is 0 Å². The Hall–Kier alpha value is -2.03. The van der Waals surface area contributed by atoms with Crippen molar-refractivity contribution in [1.29, 1.82) is 0 Å². The number of piperazine rings is 1. The average Bonchev–Trinajstić information content (AvgIpc) is 2.89. The number of aromatic nitrogens is 4. The highest BCUT2D eigenvalue weighted by molar-refractivity contribution is 5.91. The number of amides is 1. The van der Waals surface area contributed by atoms with E-state index in [1.807, 2.05) is 32.9 Å². The van der Waals surface area contributed by atoms with E-state index in [4.69, 9.17) is 0 Å². The lowest BCUT2D eigenvalue weighted by Gasteiger charge is -2.33. The summed E-state index contributed by atoms with van der Waals surface area (Å²) < 4.78 is 1.59. The molecular weight excluding hydrogens is 354 g/mol. The molecule has 2 N–H and O–H groups in total. The molecule has 0 bridgehead atoms. The number of hydrogen-bond donors (Lipinski definition) is 2. The third-order valence-electron chi connectivity index (χ3n) is 4.24. The molecule has 0 unspecified atom stereocenters. The lowest BCUT2D eigenvalue weighted by atomic mass is 10.2. The third kappa shape index (κ3) is 4.78. The predicted octanol–water partition coefficient (Wildman–Crippen LogP) is 1.24. The van der Waals surface area contributed by atoms with Gasteiger partial charge in [-0.3, -0.25) is 9.69 Å². The molecule has 8 nitrogen and oxygen atoms in total. The summed E-state index contributed by atoms with van der Waals surface area (Å²) in [5.74, 6) is 1.01. The van der Waals surface area contributed by atoms with E-state index in [2.05, 4.69) is 37.5 Å².